The highest BCUT2D eigenvalue weighted by Crippen LogP contribution is 2.35. The molecule has 2 aromatic heterocycles. The molecule has 0 fully saturated rings. The van der Waals surface area contributed by atoms with E-state index in [-0.39, 0.29) is 11.5 Å². The summed E-state index contributed by atoms with van der Waals surface area (Å²) in [6.07, 6.45) is 3.13. The number of aromatic nitrogens is 4. The van der Waals surface area contributed by atoms with Gasteiger partial charge in [-0.05, 0) is 23.8 Å². The third-order valence-corrected chi connectivity index (χ3v) is 4.45. The molecule has 4 rings (SSSR count). The minimum Gasteiger partial charge on any atom is -0.493 e. The third-order valence-electron chi connectivity index (χ3n) is 4.14. The molecule has 10 heteroatoms. The zero-order chi connectivity index (χ0) is 20.1. The molecule has 0 radical (unpaired) electrons. The van der Waals surface area contributed by atoms with Crippen LogP contribution in [-0.4, -0.2) is 27.3 Å². The van der Waals surface area contributed by atoms with Gasteiger partial charge in [-0.15, -0.1) is 0 Å². The van der Waals surface area contributed by atoms with Crippen LogP contribution in [0.25, 0.3) is 10.9 Å². The summed E-state index contributed by atoms with van der Waals surface area (Å²) >= 11 is -0.276. The number of H-pyrrole nitrogens is 1. The Labute approximate surface area is 169 Å². The number of hydrogen-bond acceptors (Lipinski definition) is 9. The smallest absolute Gasteiger partial charge is 0.163 e. The zero-order valence-corrected chi connectivity index (χ0v) is 16.3. The molecule has 29 heavy (non-hydrogen) atoms. The van der Waals surface area contributed by atoms with Crippen LogP contribution in [0, 0.1) is 0 Å². The largest absolute Gasteiger partial charge is 0.493 e. The van der Waals surface area contributed by atoms with Crippen molar-refractivity contribution < 1.29 is 13.7 Å². The number of ether oxygens (including phenoxy) is 2. The molecular weight excluding hydrogens is 392 g/mol. The molecule has 0 spiro atoms. The topological polar surface area (TPSA) is 114 Å². The van der Waals surface area contributed by atoms with Gasteiger partial charge in [-0.1, -0.05) is 12.1 Å². The van der Waals surface area contributed by atoms with Gasteiger partial charge in [0.05, 0.1) is 18.8 Å². The van der Waals surface area contributed by atoms with Gasteiger partial charge in [-0.25, -0.2) is 9.97 Å². The number of benzene rings is 2. The summed E-state index contributed by atoms with van der Waals surface area (Å²) in [5, 5.41) is 10.7. The number of nitrogens with one attached hydrogen (secondary N) is 2. The monoisotopic (exact) mass is 409 g/mol. The van der Waals surface area contributed by atoms with Crippen LogP contribution in [0.3, 0.4) is 0 Å². The summed E-state index contributed by atoms with van der Waals surface area (Å²) in [5.41, 5.74) is 2.21. The summed E-state index contributed by atoms with van der Waals surface area (Å²) in [6.45, 7) is 0.297. The molecule has 4 aromatic rings. The van der Waals surface area contributed by atoms with Crippen LogP contribution in [0.4, 0.5) is 17.3 Å². The van der Waals surface area contributed by atoms with Gasteiger partial charge in [0.15, 0.2) is 11.5 Å². The van der Waals surface area contributed by atoms with Crippen LogP contribution in [0.2, 0.25) is 0 Å². The molecule has 2 N–H and O–H groups in total. The van der Waals surface area contributed by atoms with E-state index in [4.69, 9.17) is 9.47 Å². The Morgan fingerprint density at radius 3 is 2.90 bits per heavy atom. The second kappa shape index (κ2) is 8.57. The SMILES string of the molecule is COc1cc2c(Nc3ccn[nH]3)ncnc2cc1OCc1cccc(N=[SH-]=O)c1. The van der Waals surface area contributed by atoms with Crippen molar-refractivity contribution in [1.29, 1.82) is 0 Å². The molecule has 148 valence electrons. The Morgan fingerprint density at radius 2 is 2.10 bits per heavy atom. The molecule has 0 unspecified atom stereocenters. The van der Waals surface area contributed by atoms with Gasteiger partial charge in [-0.2, -0.15) is 16.6 Å². The van der Waals surface area contributed by atoms with E-state index in [0.29, 0.717) is 40.9 Å². The Bertz CT molecular complexity index is 1190. The summed E-state index contributed by atoms with van der Waals surface area (Å²) < 4.78 is 26.0. The van der Waals surface area contributed by atoms with Crippen molar-refractivity contribution in [3.63, 3.8) is 0 Å². The van der Waals surface area contributed by atoms with Gasteiger partial charge >= 0.3 is 0 Å². The molecule has 2 heterocycles. The number of rotatable bonds is 7. The average molecular weight is 409 g/mol. The second-order valence-electron chi connectivity index (χ2n) is 5.98. The van der Waals surface area contributed by atoms with Crippen LogP contribution < -0.4 is 14.8 Å². The summed E-state index contributed by atoms with van der Waals surface area (Å²) in [5.74, 6) is 2.44. The summed E-state index contributed by atoms with van der Waals surface area (Å²) in [6, 6.07) is 12.8. The molecule has 9 nitrogen and oxygen atoms in total. The fourth-order valence-electron chi connectivity index (χ4n) is 2.81. The summed E-state index contributed by atoms with van der Waals surface area (Å²) in [4.78, 5) is 8.64. The fraction of sp³-hybridized carbons (Fsp3) is 0.105. The van der Waals surface area contributed by atoms with Crippen LogP contribution in [0.15, 0.2) is 59.4 Å². The lowest BCUT2D eigenvalue weighted by Gasteiger charge is -2.13. The average Bonchev–Trinajstić information content (AvgIpc) is 3.25. The molecule has 0 saturated heterocycles. The molecule has 0 aliphatic rings. The van der Waals surface area contributed by atoms with Crippen LogP contribution >= 0.6 is 0 Å². The fourth-order valence-corrected chi connectivity index (χ4v) is 3.02. The van der Waals surface area contributed by atoms with Gasteiger partial charge in [0.2, 0.25) is 0 Å². The number of methoxy groups -OCH3 is 1. The number of fused-ring (bicyclic) bond motifs is 1. The lowest BCUT2D eigenvalue weighted by atomic mass is 10.2. The number of anilines is 2. The number of thiol groups is 1. The molecule has 0 aliphatic carbocycles. The highest BCUT2D eigenvalue weighted by atomic mass is 32.1. The van der Waals surface area contributed by atoms with Crippen molar-refractivity contribution in [1.82, 2.24) is 20.2 Å². The Hall–Kier alpha value is -3.66. The van der Waals surface area contributed by atoms with Crippen molar-refractivity contribution in [2.45, 2.75) is 6.61 Å². The minimum absolute atomic E-state index is 0.276. The van der Waals surface area contributed by atoms with Crippen LogP contribution in [0.1, 0.15) is 5.56 Å². The Kier molecular flexibility index (Phi) is 5.52. The Balaban J connectivity index is 1.63. The van der Waals surface area contributed by atoms with Crippen molar-refractivity contribution >= 4 is 39.7 Å². The molecular formula is C19H17N6O3S-. The van der Waals surface area contributed by atoms with E-state index in [1.165, 1.54) is 6.33 Å². The first-order valence-electron chi connectivity index (χ1n) is 8.61. The molecule has 0 atom stereocenters. The zero-order valence-electron chi connectivity index (χ0n) is 15.4. The van der Waals surface area contributed by atoms with E-state index in [0.717, 1.165) is 10.9 Å². The highest BCUT2D eigenvalue weighted by molar-refractivity contribution is 7.54. The van der Waals surface area contributed by atoms with Gasteiger partial charge in [0, 0.05) is 23.2 Å². The predicted molar refractivity (Wildman–Crippen MR) is 110 cm³/mol. The van der Waals surface area contributed by atoms with Crippen molar-refractivity contribution in [3.05, 3.63) is 60.6 Å². The number of nitrogens with zero attached hydrogens (tertiary/aromatic N) is 4. The van der Waals surface area contributed by atoms with E-state index < -0.39 is 0 Å². The van der Waals surface area contributed by atoms with E-state index >= 15 is 0 Å². The van der Waals surface area contributed by atoms with Gasteiger partial charge in [-0.3, -0.25) is 5.10 Å². The molecule has 0 amide bonds. The van der Waals surface area contributed by atoms with E-state index in [1.54, 1.807) is 31.5 Å². The molecule has 0 bridgehead atoms. The summed E-state index contributed by atoms with van der Waals surface area (Å²) in [7, 11) is 1.58. The predicted octanol–water partition coefficient (Wildman–Crippen LogP) is 3.66. The maximum absolute atomic E-state index is 10.7. The van der Waals surface area contributed by atoms with E-state index in [1.807, 2.05) is 24.3 Å². The number of hydrogen-bond donors (Lipinski definition) is 2. The molecule has 0 aliphatic heterocycles. The van der Waals surface area contributed by atoms with Gasteiger partial charge < -0.3 is 23.4 Å². The van der Waals surface area contributed by atoms with Gasteiger partial charge in [0.25, 0.3) is 0 Å². The minimum atomic E-state index is -0.276. The first-order chi connectivity index (χ1) is 14.3. The Morgan fingerprint density at radius 1 is 1.17 bits per heavy atom. The maximum atomic E-state index is 10.7. The first kappa shape index (κ1) is 18.7. The maximum Gasteiger partial charge on any atom is 0.163 e. The van der Waals surface area contributed by atoms with E-state index in [9.17, 15) is 4.21 Å². The quantitative estimate of drug-likeness (QED) is 0.354. The van der Waals surface area contributed by atoms with Crippen LogP contribution in [0.5, 0.6) is 11.5 Å². The van der Waals surface area contributed by atoms with Gasteiger partial charge in [0.1, 0.15) is 24.6 Å². The lowest BCUT2D eigenvalue weighted by molar-refractivity contribution is 0.285. The normalized spacial score (nSPS) is 10.7. The lowest BCUT2D eigenvalue weighted by Crippen LogP contribution is -2.00. The second-order valence-corrected chi connectivity index (χ2v) is 6.34. The van der Waals surface area contributed by atoms with Crippen molar-refractivity contribution in [2.75, 3.05) is 12.4 Å². The van der Waals surface area contributed by atoms with Crippen LogP contribution in [-0.2, 0) is 22.3 Å². The number of aromatic amines is 1. The van der Waals surface area contributed by atoms with E-state index in [2.05, 4.69) is 29.8 Å². The third kappa shape index (κ3) is 4.27. The van der Waals surface area contributed by atoms with Crippen molar-refractivity contribution in [3.8, 4) is 11.5 Å². The highest BCUT2D eigenvalue weighted by Gasteiger charge is 2.12. The van der Waals surface area contributed by atoms with Crippen molar-refractivity contribution in [2.24, 2.45) is 4.36 Å². The first-order valence-corrected chi connectivity index (χ1v) is 9.37. The standard InChI is InChI=1S/C19H17N6O3S/c1-27-16-8-14-15(20-11-21-19(14)23-18-5-6-22-24-18)9-17(16)28-10-12-3-2-4-13(7-12)25-29-26/h2-9,11,29H,10H2,1H3,(H2,20,21,22,23,24)/q-1. The molecule has 2 aromatic carbocycles. The molecule has 0 saturated carbocycles.